The van der Waals surface area contributed by atoms with Gasteiger partial charge in [0.25, 0.3) is 0 Å². The van der Waals surface area contributed by atoms with Crippen molar-refractivity contribution in [2.24, 2.45) is 5.92 Å². The van der Waals surface area contributed by atoms with Gasteiger partial charge in [-0.05, 0) is 32.7 Å². The highest BCUT2D eigenvalue weighted by molar-refractivity contribution is 5.79. The van der Waals surface area contributed by atoms with Gasteiger partial charge in [0, 0.05) is 31.1 Å². The van der Waals surface area contributed by atoms with Gasteiger partial charge in [-0.15, -0.1) is 0 Å². The fraction of sp³-hybridized carbons (Fsp3) is 0.929. The van der Waals surface area contributed by atoms with E-state index in [0.717, 1.165) is 25.9 Å². The zero-order valence-corrected chi connectivity index (χ0v) is 10.9. The molecule has 1 amide bonds. The highest BCUT2D eigenvalue weighted by Gasteiger charge is 2.40. The fourth-order valence-corrected chi connectivity index (χ4v) is 3.90. The molecule has 2 aliphatic heterocycles. The van der Waals surface area contributed by atoms with Crippen molar-refractivity contribution in [1.29, 1.82) is 0 Å². The molecular formula is C14H24N2O. The maximum absolute atomic E-state index is 12.5. The van der Waals surface area contributed by atoms with Gasteiger partial charge in [0.1, 0.15) is 0 Å². The monoisotopic (exact) mass is 236 g/mol. The van der Waals surface area contributed by atoms with Crippen LogP contribution in [-0.2, 0) is 4.79 Å². The molecule has 0 aromatic rings. The lowest BCUT2D eigenvalue weighted by Crippen LogP contribution is -2.55. The maximum Gasteiger partial charge on any atom is 0.225 e. The van der Waals surface area contributed by atoms with E-state index in [2.05, 4.69) is 16.8 Å². The average Bonchev–Trinajstić information content (AvgIpc) is 2.61. The lowest BCUT2D eigenvalue weighted by atomic mass is 9.88. The lowest BCUT2D eigenvalue weighted by Gasteiger charge is -2.40. The quantitative estimate of drug-likeness (QED) is 0.694. The summed E-state index contributed by atoms with van der Waals surface area (Å²) in [6.07, 6.45) is 8.71. The van der Waals surface area contributed by atoms with Crippen molar-refractivity contribution < 1.29 is 4.79 Å². The largest absolute Gasteiger partial charge is 0.339 e. The molecule has 2 unspecified atom stereocenters. The summed E-state index contributed by atoms with van der Waals surface area (Å²) in [5, 5.41) is 0. The molecule has 3 heteroatoms. The van der Waals surface area contributed by atoms with Crippen LogP contribution >= 0.6 is 0 Å². The SMILES string of the molecule is CN1C2CCC1CN(C(=O)C1CCCCC1)C2. The Balaban J connectivity index is 1.63. The summed E-state index contributed by atoms with van der Waals surface area (Å²) in [4.78, 5) is 17.2. The molecule has 3 nitrogen and oxygen atoms in total. The Kier molecular flexibility index (Phi) is 3.12. The average molecular weight is 236 g/mol. The topological polar surface area (TPSA) is 23.6 Å². The Labute approximate surface area is 104 Å². The van der Waals surface area contributed by atoms with Gasteiger partial charge in [-0.3, -0.25) is 9.69 Å². The van der Waals surface area contributed by atoms with Gasteiger partial charge >= 0.3 is 0 Å². The Morgan fingerprint density at radius 1 is 0.941 bits per heavy atom. The van der Waals surface area contributed by atoms with Gasteiger partial charge < -0.3 is 4.90 Å². The molecule has 17 heavy (non-hydrogen) atoms. The van der Waals surface area contributed by atoms with Crippen LogP contribution < -0.4 is 0 Å². The van der Waals surface area contributed by atoms with Crippen LogP contribution in [0.1, 0.15) is 44.9 Å². The number of hydrogen-bond donors (Lipinski definition) is 0. The van der Waals surface area contributed by atoms with Crippen LogP contribution in [-0.4, -0.2) is 47.9 Å². The van der Waals surface area contributed by atoms with Crippen LogP contribution in [0.2, 0.25) is 0 Å². The minimum absolute atomic E-state index is 0.353. The first-order valence-electron chi connectivity index (χ1n) is 7.26. The van der Waals surface area contributed by atoms with Gasteiger partial charge in [-0.2, -0.15) is 0 Å². The molecule has 0 aromatic heterocycles. The number of nitrogens with zero attached hydrogens (tertiary/aromatic N) is 2. The number of fused-ring (bicyclic) bond motifs is 2. The minimum atomic E-state index is 0.353. The molecule has 1 aliphatic carbocycles. The number of rotatable bonds is 1. The predicted molar refractivity (Wildman–Crippen MR) is 67.7 cm³/mol. The van der Waals surface area contributed by atoms with Gasteiger partial charge in [-0.25, -0.2) is 0 Å². The Morgan fingerprint density at radius 3 is 2.12 bits per heavy atom. The molecule has 2 heterocycles. The second-order valence-corrected chi connectivity index (χ2v) is 6.13. The minimum Gasteiger partial charge on any atom is -0.339 e. The number of carbonyl (C=O) groups is 1. The maximum atomic E-state index is 12.5. The third-order valence-electron chi connectivity index (χ3n) is 5.11. The number of likely N-dealkylation sites (tertiary alicyclic amines) is 1. The van der Waals surface area contributed by atoms with Crippen molar-refractivity contribution in [3.8, 4) is 0 Å². The molecule has 3 rings (SSSR count). The van der Waals surface area contributed by atoms with E-state index in [1.807, 2.05) is 0 Å². The molecule has 3 fully saturated rings. The van der Waals surface area contributed by atoms with Gasteiger partial charge in [0.15, 0.2) is 0 Å². The van der Waals surface area contributed by atoms with E-state index in [-0.39, 0.29) is 0 Å². The van der Waals surface area contributed by atoms with Crippen molar-refractivity contribution in [1.82, 2.24) is 9.80 Å². The standard InChI is InChI=1S/C14H24N2O/c1-15-12-7-8-13(15)10-16(9-12)14(17)11-5-3-2-4-6-11/h11-13H,2-10H2,1H3. The first kappa shape index (κ1) is 11.5. The van der Waals surface area contributed by atoms with Crippen LogP contribution in [0.3, 0.4) is 0 Å². The van der Waals surface area contributed by atoms with Crippen molar-refractivity contribution in [3.63, 3.8) is 0 Å². The summed E-state index contributed by atoms with van der Waals surface area (Å²) >= 11 is 0. The highest BCUT2D eigenvalue weighted by atomic mass is 16.2. The molecular weight excluding hydrogens is 212 g/mol. The molecule has 0 radical (unpaired) electrons. The first-order chi connectivity index (χ1) is 8.25. The van der Waals surface area contributed by atoms with Crippen LogP contribution in [0, 0.1) is 5.92 Å². The molecule has 96 valence electrons. The third-order valence-corrected chi connectivity index (χ3v) is 5.11. The molecule has 0 aromatic carbocycles. The first-order valence-corrected chi connectivity index (χ1v) is 7.26. The molecule has 0 spiro atoms. The lowest BCUT2D eigenvalue weighted by molar-refractivity contribution is -0.139. The third kappa shape index (κ3) is 2.10. The Hall–Kier alpha value is -0.570. The summed E-state index contributed by atoms with van der Waals surface area (Å²) < 4.78 is 0. The fourth-order valence-electron chi connectivity index (χ4n) is 3.90. The number of likely N-dealkylation sites (N-methyl/N-ethyl adjacent to an activating group) is 1. The molecule has 2 bridgehead atoms. The number of amides is 1. The van der Waals surface area contributed by atoms with Crippen LogP contribution in [0.5, 0.6) is 0 Å². The number of hydrogen-bond acceptors (Lipinski definition) is 2. The molecule has 0 N–H and O–H groups in total. The summed E-state index contributed by atoms with van der Waals surface area (Å²) in [6, 6.07) is 1.28. The second kappa shape index (κ2) is 4.60. The van der Waals surface area contributed by atoms with Crippen LogP contribution in [0.15, 0.2) is 0 Å². The van der Waals surface area contributed by atoms with E-state index >= 15 is 0 Å². The van der Waals surface area contributed by atoms with Crippen molar-refractivity contribution in [2.45, 2.75) is 57.0 Å². The number of carbonyl (C=O) groups excluding carboxylic acids is 1. The Morgan fingerprint density at radius 2 is 1.53 bits per heavy atom. The van der Waals surface area contributed by atoms with Gasteiger partial charge in [0.05, 0.1) is 0 Å². The van der Waals surface area contributed by atoms with E-state index in [9.17, 15) is 4.79 Å². The van der Waals surface area contributed by atoms with Crippen LogP contribution in [0.25, 0.3) is 0 Å². The second-order valence-electron chi connectivity index (χ2n) is 6.13. The summed E-state index contributed by atoms with van der Waals surface area (Å²) in [5.74, 6) is 0.821. The van der Waals surface area contributed by atoms with E-state index in [0.29, 0.717) is 23.9 Å². The zero-order chi connectivity index (χ0) is 11.8. The summed E-state index contributed by atoms with van der Waals surface area (Å²) in [5.41, 5.74) is 0. The predicted octanol–water partition coefficient (Wildman–Crippen LogP) is 1.87. The van der Waals surface area contributed by atoms with E-state index < -0.39 is 0 Å². The van der Waals surface area contributed by atoms with Crippen molar-refractivity contribution in [3.05, 3.63) is 0 Å². The molecule has 2 saturated heterocycles. The van der Waals surface area contributed by atoms with E-state index in [1.54, 1.807) is 0 Å². The summed E-state index contributed by atoms with van der Waals surface area (Å²) in [6.45, 7) is 1.98. The molecule has 3 aliphatic rings. The number of piperazine rings is 1. The molecule has 2 atom stereocenters. The van der Waals surface area contributed by atoms with E-state index in [1.165, 1.54) is 32.1 Å². The van der Waals surface area contributed by atoms with Gasteiger partial charge in [0.2, 0.25) is 5.91 Å². The highest BCUT2D eigenvalue weighted by Crippen LogP contribution is 2.31. The van der Waals surface area contributed by atoms with E-state index in [4.69, 9.17) is 0 Å². The zero-order valence-electron chi connectivity index (χ0n) is 10.9. The van der Waals surface area contributed by atoms with Gasteiger partial charge in [-0.1, -0.05) is 19.3 Å². The van der Waals surface area contributed by atoms with Crippen molar-refractivity contribution >= 4 is 5.91 Å². The Bertz CT molecular complexity index is 285. The van der Waals surface area contributed by atoms with Crippen LogP contribution in [0.4, 0.5) is 0 Å². The normalized spacial score (nSPS) is 35.2. The van der Waals surface area contributed by atoms with Crippen molar-refractivity contribution in [2.75, 3.05) is 20.1 Å². The smallest absolute Gasteiger partial charge is 0.225 e. The molecule has 1 saturated carbocycles. The summed E-state index contributed by atoms with van der Waals surface area (Å²) in [7, 11) is 2.23.